The van der Waals surface area contributed by atoms with Gasteiger partial charge in [-0.1, -0.05) is 38.5 Å². The Morgan fingerprint density at radius 1 is 1.36 bits per heavy atom. The summed E-state index contributed by atoms with van der Waals surface area (Å²) in [5.41, 5.74) is -0.231. The van der Waals surface area contributed by atoms with E-state index in [2.05, 4.69) is 27.6 Å². The van der Waals surface area contributed by atoms with E-state index in [9.17, 15) is 5.11 Å². The van der Waals surface area contributed by atoms with Crippen LogP contribution in [0.4, 0.5) is 0 Å². The third kappa shape index (κ3) is 6.69. The van der Waals surface area contributed by atoms with E-state index in [1.54, 1.807) is 17.8 Å². The van der Waals surface area contributed by atoms with Gasteiger partial charge in [-0.05, 0) is 26.2 Å². The summed E-state index contributed by atoms with van der Waals surface area (Å²) in [4.78, 5) is 4.55. The quantitative estimate of drug-likeness (QED) is 0.364. The zero-order valence-electron chi connectivity index (χ0n) is 16.1. The summed E-state index contributed by atoms with van der Waals surface area (Å²) in [5, 5.41) is 21.4. The van der Waals surface area contributed by atoms with Crippen LogP contribution in [-0.4, -0.2) is 40.5 Å². The molecule has 0 radical (unpaired) electrons. The first-order valence-corrected chi connectivity index (χ1v) is 9.75. The van der Waals surface area contributed by atoms with Gasteiger partial charge in [-0.25, -0.2) is 4.99 Å². The van der Waals surface area contributed by atoms with E-state index in [0.717, 1.165) is 30.5 Å². The molecule has 0 bridgehead atoms. The van der Waals surface area contributed by atoms with Crippen molar-refractivity contribution in [2.45, 2.75) is 64.4 Å². The Balaban J connectivity index is 1.75. The fourth-order valence-electron chi connectivity index (χ4n) is 3.43. The molecule has 142 valence electrons. The maximum absolute atomic E-state index is 10.6. The minimum absolute atomic E-state index is 0.302. The second-order valence-corrected chi connectivity index (χ2v) is 7.44. The van der Waals surface area contributed by atoms with Crippen LogP contribution in [0, 0.1) is 5.92 Å². The van der Waals surface area contributed by atoms with Gasteiger partial charge in [0.05, 0.1) is 12.7 Å². The number of aliphatic hydroxyl groups is 1. The molecule has 0 saturated heterocycles. The Hall–Kier alpha value is -1.56. The molecule has 1 aromatic rings. The van der Waals surface area contributed by atoms with E-state index in [4.69, 9.17) is 0 Å². The van der Waals surface area contributed by atoms with Crippen LogP contribution in [0.5, 0.6) is 0 Å². The van der Waals surface area contributed by atoms with Crippen molar-refractivity contribution in [3.63, 3.8) is 0 Å². The third-order valence-electron chi connectivity index (χ3n) is 5.02. The summed E-state index contributed by atoms with van der Waals surface area (Å²) in [6, 6.07) is 0. The Kier molecular flexibility index (Phi) is 7.75. The highest BCUT2D eigenvalue weighted by atomic mass is 16.3. The number of hydrogen-bond donors (Lipinski definition) is 3. The highest BCUT2D eigenvalue weighted by molar-refractivity contribution is 5.79. The number of aliphatic imine (C=N–C) groups is 1. The van der Waals surface area contributed by atoms with Crippen molar-refractivity contribution in [1.82, 2.24) is 20.4 Å². The topological polar surface area (TPSA) is 74.5 Å². The molecule has 1 aliphatic rings. The molecular formula is C19H35N5O. The zero-order valence-corrected chi connectivity index (χ0v) is 16.1. The van der Waals surface area contributed by atoms with Crippen LogP contribution in [0.1, 0.15) is 64.4 Å². The Labute approximate surface area is 152 Å². The molecule has 3 N–H and O–H groups in total. The second kappa shape index (κ2) is 9.80. The van der Waals surface area contributed by atoms with Crippen LogP contribution < -0.4 is 10.6 Å². The van der Waals surface area contributed by atoms with Gasteiger partial charge >= 0.3 is 0 Å². The Morgan fingerprint density at radius 3 is 2.76 bits per heavy atom. The lowest BCUT2D eigenvalue weighted by molar-refractivity contribution is 0.0672. The molecule has 1 saturated carbocycles. The van der Waals surface area contributed by atoms with Crippen LogP contribution in [-0.2, 0) is 12.6 Å². The molecule has 2 rings (SSSR count). The first kappa shape index (κ1) is 19.8. The number of hydrogen-bond acceptors (Lipinski definition) is 3. The van der Waals surface area contributed by atoms with Gasteiger partial charge in [0, 0.05) is 31.9 Å². The van der Waals surface area contributed by atoms with Crippen molar-refractivity contribution in [3.05, 3.63) is 18.0 Å². The fraction of sp³-hybridized carbons (Fsp3) is 0.789. The Bertz CT molecular complexity index is 532. The lowest BCUT2D eigenvalue weighted by Crippen LogP contribution is -2.39. The monoisotopic (exact) mass is 349 g/mol. The number of unbranched alkanes of at least 4 members (excludes halogenated alkanes) is 1. The normalized spacial score (nSPS) is 18.3. The summed E-state index contributed by atoms with van der Waals surface area (Å²) < 4.78 is 1.70. The van der Waals surface area contributed by atoms with Crippen molar-refractivity contribution >= 4 is 5.96 Å². The van der Waals surface area contributed by atoms with Crippen molar-refractivity contribution in [1.29, 1.82) is 0 Å². The number of aromatic nitrogens is 2. The largest absolute Gasteiger partial charge is 0.383 e. The number of nitrogens with one attached hydrogen (secondary N) is 2. The highest BCUT2D eigenvalue weighted by Crippen LogP contribution is 2.28. The highest BCUT2D eigenvalue weighted by Gasteiger charge is 2.24. The number of aryl methyl sites for hydroxylation is 1. The zero-order chi connectivity index (χ0) is 18.1. The van der Waals surface area contributed by atoms with Gasteiger partial charge in [-0.2, -0.15) is 5.10 Å². The molecule has 6 nitrogen and oxygen atoms in total. The molecule has 1 aliphatic carbocycles. The van der Waals surface area contributed by atoms with Gasteiger partial charge in [-0.15, -0.1) is 0 Å². The molecule has 0 amide bonds. The molecule has 0 aliphatic heterocycles. The van der Waals surface area contributed by atoms with Gasteiger partial charge < -0.3 is 15.7 Å². The summed E-state index contributed by atoms with van der Waals surface area (Å²) in [6.45, 7) is 5.86. The maximum Gasteiger partial charge on any atom is 0.191 e. The summed E-state index contributed by atoms with van der Waals surface area (Å²) in [6.07, 6.45) is 13.1. The molecule has 0 spiro atoms. The third-order valence-corrected chi connectivity index (χ3v) is 5.02. The fourth-order valence-corrected chi connectivity index (χ4v) is 3.43. The molecule has 1 unspecified atom stereocenters. The van der Waals surface area contributed by atoms with Crippen molar-refractivity contribution in [3.8, 4) is 0 Å². The predicted molar refractivity (Wildman–Crippen MR) is 103 cm³/mol. The van der Waals surface area contributed by atoms with Crippen molar-refractivity contribution in [2.75, 3.05) is 19.6 Å². The van der Waals surface area contributed by atoms with Crippen LogP contribution in [0.25, 0.3) is 0 Å². The SMILES string of the molecule is CCNC(=NCC(C)(O)c1cnn(C)c1)NCCCCC1CCCC1. The van der Waals surface area contributed by atoms with E-state index in [0.29, 0.717) is 6.54 Å². The molecule has 6 heteroatoms. The number of guanidine groups is 1. The molecule has 1 atom stereocenters. The average Bonchev–Trinajstić information content (AvgIpc) is 3.24. The molecule has 1 heterocycles. The lowest BCUT2D eigenvalue weighted by Gasteiger charge is -2.20. The van der Waals surface area contributed by atoms with Gasteiger partial charge in [0.2, 0.25) is 0 Å². The molecule has 1 aromatic heterocycles. The number of nitrogens with zero attached hydrogens (tertiary/aromatic N) is 3. The minimum atomic E-state index is -1.01. The molecular weight excluding hydrogens is 314 g/mol. The molecule has 0 aromatic carbocycles. The number of rotatable bonds is 9. The Morgan fingerprint density at radius 2 is 2.12 bits per heavy atom. The predicted octanol–water partition coefficient (Wildman–Crippen LogP) is 2.54. The van der Waals surface area contributed by atoms with E-state index >= 15 is 0 Å². The van der Waals surface area contributed by atoms with E-state index in [1.807, 2.05) is 13.2 Å². The molecule has 1 fully saturated rings. The average molecular weight is 350 g/mol. The van der Waals surface area contributed by atoms with Crippen molar-refractivity contribution in [2.24, 2.45) is 18.0 Å². The molecule has 25 heavy (non-hydrogen) atoms. The van der Waals surface area contributed by atoms with E-state index in [1.165, 1.54) is 44.9 Å². The first-order valence-electron chi connectivity index (χ1n) is 9.75. The summed E-state index contributed by atoms with van der Waals surface area (Å²) in [7, 11) is 1.85. The smallest absolute Gasteiger partial charge is 0.191 e. The lowest BCUT2D eigenvalue weighted by atomic mass is 10.0. The van der Waals surface area contributed by atoms with Crippen molar-refractivity contribution < 1.29 is 5.11 Å². The summed E-state index contributed by atoms with van der Waals surface area (Å²) >= 11 is 0. The minimum Gasteiger partial charge on any atom is -0.383 e. The maximum atomic E-state index is 10.6. The van der Waals surface area contributed by atoms with Crippen LogP contribution in [0.2, 0.25) is 0 Å². The van der Waals surface area contributed by atoms with Crippen LogP contribution >= 0.6 is 0 Å². The standard InChI is InChI=1S/C19H35N5O/c1-4-20-18(21-12-8-7-11-16-9-5-6-10-16)22-15-19(2,25)17-13-23-24(3)14-17/h13-14,16,25H,4-12,15H2,1-3H3,(H2,20,21,22). The van der Waals surface area contributed by atoms with Crippen LogP contribution in [0.3, 0.4) is 0 Å². The van der Waals surface area contributed by atoms with Gasteiger partial charge in [0.25, 0.3) is 0 Å². The van der Waals surface area contributed by atoms with E-state index in [-0.39, 0.29) is 0 Å². The van der Waals surface area contributed by atoms with Gasteiger partial charge in [0.15, 0.2) is 5.96 Å². The van der Waals surface area contributed by atoms with E-state index < -0.39 is 5.60 Å². The summed E-state index contributed by atoms with van der Waals surface area (Å²) in [5.74, 6) is 1.74. The first-order chi connectivity index (χ1) is 12.0. The van der Waals surface area contributed by atoms with Gasteiger partial charge in [0.1, 0.15) is 5.60 Å². The van der Waals surface area contributed by atoms with Gasteiger partial charge in [-0.3, -0.25) is 4.68 Å². The second-order valence-electron chi connectivity index (χ2n) is 7.44. The van der Waals surface area contributed by atoms with Crippen LogP contribution in [0.15, 0.2) is 17.4 Å².